The largest absolute Gasteiger partial charge is 0.338 e. The third-order valence-corrected chi connectivity index (χ3v) is 2.41. The summed E-state index contributed by atoms with van der Waals surface area (Å²) in [6.07, 6.45) is 3.47. The predicted molar refractivity (Wildman–Crippen MR) is 56.3 cm³/mol. The van der Waals surface area contributed by atoms with E-state index in [9.17, 15) is 0 Å². The number of anilines is 1. The van der Waals surface area contributed by atoms with Gasteiger partial charge in [-0.2, -0.15) is 0 Å². The fraction of sp³-hybridized carbons (Fsp3) is 0.222. The molecular weight excluding hydrogens is 196 g/mol. The van der Waals surface area contributed by atoms with Gasteiger partial charge in [0.05, 0.1) is 17.7 Å². The van der Waals surface area contributed by atoms with E-state index in [-0.39, 0.29) is 0 Å². The van der Waals surface area contributed by atoms with Crippen molar-refractivity contribution >= 4 is 17.3 Å². The molecule has 5 heteroatoms. The summed E-state index contributed by atoms with van der Waals surface area (Å²) in [5.74, 6) is 0.723. The Morgan fingerprint density at radius 2 is 2.07 bits per heavy atom. The number of rotatable bonds is 3. The maximum atomic E-state index is 4.20. The third kappa shape index (κ3) is 2.05. The second-order valence-electron chi connectivity index (χ2n) is 2.88. The van der Waals surface area contributed by atoms with E-state index in [2.05, 4.69) is 15.0 Å². The predicted octanol–water partition coefficient (Wildman–Crippen LogP) is 1.57. The van der Waals surface area contributed by atoms with Crippen molar-refractivity contribution in [2.24, 2.45) is 0 Å². The molecule has 0 saturated carbocycles. The SMILES string of the molecule is CN(Cc1cscn1)c1ncccn1. The van der Waals surface area contributed by atoms with Crippen LogP contribution in [0.4, 0.5) is 5.95 Å². The van der Waals surface area contributed by atoms with Crippen LogP contribution in [-0.4, -0.2) is 22.0 Å². The third-order valence-electron chi connectivity index (χ3n) is 1.78. The molecule has 0 spiro atoms. The highest BCUT2D eigenvalue weighted by atomic mass is 32.1. The van der Waals surface area contributed by atoms with Gasteiger partial charge in [0.25, 0.3) is 0 Å². The lowest BCUT2D eigenvalue weighted by atomic mass is 10.4. The van der Waals surface area contributed by atoms with Crippen LogP contribution in [0.3, 0.4) is 0 Å². The molecule has 2 rings (SSSR count). The minimum atomic E-state index is 0.723. The maximum absolute atomic E-state index is 4.20. The fourth-order valence-electron chi connectivity index (χ4n) is 1.12. The number of hydrogen-bond donors (Lipinski definition) is 0. The van der Waals surface area contributed by atoms with Crippen molar-refractivity contribution in [1.29, 1.82) is 0 Å². The van der Waals surface area contributed by atoms with Crippen molar-refractivity contribution in [2.75, 3.05) is 11.9 Å². The molecule has 0 aliphatic rings. The summed E-state index contributed by atoms with van der Waals surface area (Å²) < 4.78 is 0. The van der Waals surface area contributed by atoms with E-state index in [4.69, 9.17) is 0 Å². The minimum Gasteiger partial charge on any atom is -0.338 e. The topological polar surface area (TPSA) is 41.9 Å². The molecule has 14 heavy (non-hydrogen) atoms. The van der Waals surface area contributed by atoms with Gasteiger partial charge in [-0.15, -0.1) is 11.3 Å². The highest BCUT2D eigenvalue weighted by Gasteiger charge is 2.04. The lowest BCUT2D eigenvalue weighted by Crippen LogP contribution is -2.18. The molecule has 0 aliphatic heterocycles. The Labute approximate surface area is 86.3 Å². The normalized spacial score (nSPS) is 10.1. The van der Waals surface area contributed by atoms with Crippen LogP contribution in [0.25, 0.3) is 0 Å². The van der Waals surface area contributed by atoms with E-state index >= 15 is 0 Å². The average molecular weight is 206 g/mol. The van der Waals surface area contributed by atoms with Gasteiger partial charge in [0, 0.05) is 24.8 Å². The molecule has 0 aliphatic carbocycles. The van der Waals surface area contributed by atoms with E-state index in [0.29, 0.717) is 0 Å². The molecule has 2 aromatic rings. The standard InChI is InChI=1S/C9H10N4S/c1-13(5-8-6-14-7-12-8)9-10-3-2-4-11-9/h2-4,6-7H,5H2,1H3. The first-order valence-corrected chi connectivity index (χ1v) is 5.16. The highest BCUT2D eigenvalue weighted by molar-refractivity contribution is 7.07. The monoisotopic (exact) mass is 206 g/mol. The number of hydrogen-bond acceptors (Lipinski definition) is 5. The van der Waals surface area contributed by atoms with Gasteiger partial charge in [0.15, 0.2) is 0 Å². The van der Waals surface area contributed by atoms with E-state index in [1.807, 2.05) is 22.8 Å². The van der Waals surface area contributed by atoms with Gasteiger partial charge in [-0.25, -0.2) is 15.0 Å². The van der Waals surface area contributed by atoms with Gasteiger partial charge in [-0.05, 0) is 6.07 Å². The number of nitrogens with zero attached hydrogens (tertiary/aromatic N) is 4. The Hall–Kier alpha value is -1.49. The molecule has 0 radical (unpaired) electrons. The Morgan fingerprint density at radius 3 is 2.71 bits per heavy atom. The molecule has 4 nitrogen and oxygen atoms in total. The lowest BCUT2D eigenvalue weighted by molar-refractivity contribution is 0.847. The first-order chi connectivity index (χ1) is 6.86. The van der Waals surface area contributed by atoms with Crippen LogP contribution in [0.1, 0.15) is 5.69 Å². The minimum absolute atomic E-state index is 0.723. The van der Waals surface area contributed by atoms with Crippen LogP contribution in [-0.2, 0) is 6.54 Å². The van der Waals surface area contributed by atoms with Gasteiger partial charge in [-0.1, -0.05) is 0 Å². The van der Waals surface area contributed by atoms with Gasteiger partial charge >= 0.3 is 0 Å². The van der Waals surface area contributed by atoms with E-state index in [0.717, 1.165) is 18.2 Å². The number of aromatic nitrogens is 3. The maximum Gasteiger partial charge on any atom is 0.225 e. The summed E-state index contributed by atoms with van der Waals surface area (Å²) >= 11 is 1.60. The second kappa shape index (κ2) is 4.15. The van der Waals surface area contributed by atoms with Crippen molar-refractivity contribution in [1.82, 2.24) is 15.0 Å². The first kappa shape index (κ1) is 9.08. The molecule has 2 heterocycles. The van der Waals surface area contributed by atoms with Gasteiger partial charge in [0.2, 0.25) is 5.95 Å². The van der Waals surface area contributed by atoms with Crippen molar-refractivity contribution in [3.8, 4) is 0 Å². The van der Waals surface area contributed by atoms with Crippen LogP contribution >= 0.6 is 11.3 Å². The lowest BCUT2D eigenvalue weighted by Gasteiger charge is -2.14. The van der Waals surface area contributed by atoms with Crippen LogP contribution in [0.2, 0.25) is 0 Å². The highest BCUT2D eigenvalue weighted by Crippen LogP contribution is 2.08. The zero-order valence-electron chi connectivity index (χ0n) is 7.79. The van der Waals surface area contributed by atoms with E-state index < -0.39 is 0 Å². The fourth-order valence-corrected chi connectivity index (χ4v) is 1.67. The zero-order valence-corrected chi connectivity index (χ0v) is 8.61. The van der Waals surface area contributed by atoms with Crippen molar-refractivity contribution in [2.45, 2.75) is 6.54 Å². The number of thiazole rings is 1. The molecule has 72 valence electrons. The molecule has 0 atom stereocenters. The molecule has 0 N–H and O–H groups in total. The molecule has 0 fully saturated rings. The van der Waals surface area contributed by atoms with Gasteiger partial charge < -0.3 is 4.90 Å². The molecular formula is C9H10N4S. The quantitative estimate of drug-likeness (QED) is 0.764. The second-order valence-corrected chi connectivity index (χ2v) is 3.60. The van der Waals surface area contributed by atoms with E-state index in [1.165, 1.54) is 0 Å². The molecule has 0 saturated heterocycles. The Balaban J connectivity index is 2.07. The Morgan fingerprint density at radius 1 is 1.29 bits per heavy atom. The molecule has 2 aromatic heterocycles. The van der Waals surface area contributed by atoms with Crippen molar-refractivity contribution in [3.63, 3.8) is 0 Å². The molecule has 0 amide bonds. The summed E-state index contributed by atoms with van der Waals surface area (Å²) in [4.78, 5) is 14.5. The smallest absolute Gasteiger partial charge is 0.225 e. The summed E-state index contributed by atoms with van der Waals surface area (Å²) in [7, 11) is 1.95. The summed E-state index contributed by atoms with van der Waals surface area (Å²) in [5.41, 5.74) is 2.87. The van der Waals surface area contributed by atoms with Gasteiger partial charge in [-0.3, -0.25) is 0 Å². The van der Waals surface area contributed by atoms with Crippen LogP contribution < -0.4 is 4.90 Å². The van der Waals surface area contributed by atoms with Gasteiger partial charge in [0.1, 0.15) is 0 Å². The van der Waals surface area contributed by atoms with E-state index in [1.54, 1.807) is 29.8 Å². The van der Waals surface area contributed by atoms with Crippen molar-refractivity contribution in [3.05, 3.63) is 35.0 Å². The summed E-state index contributed by atoms with van der Waals surface area (Å²) in [6, 6.07) is 1.81. The molecule has 0 unspecified atom stereocenters. The van der Waals surface area contributed by atoms with Crippen molar-refractivity contribution < 1.29 is 0 Å². The van der Waals surface area contributed by atoms with Crippen LogP contribution in [0.5, 0.6) is 0 Å². The molecule has 0 aromatic carbocycles. The Bertz CT molecular complexity index is 373. The summed E-state index contributed by atoms with van der Waals surface area (Å²) in [5, 5.41) is 2.03. The molecule has 0 bridgehead atoms. The zero-order chi connectivity index (χ0) is 9.80. The Kier molecular flexibility index (Phi) is 2.69. The first-order valence-electron chi connectivity index (χ1n) is 4.21. The summed E-state index contributed by atoms with van der Waals surface area (Å²) in [6.45, 7) is 0.744. The van der Waals surface area contributed by atoms with Crippen LogP contribution in [0, 0.1) is 0 Å². The average Bonchev–Trinajstić information content (AvgIpc) is 2.72. The van der Waals surface area contributed by atoms with Crippen LogP contribution in [0.15, 0.2) is 29.4 Å².